The van der Waals surface area contributed by atoms with E-state index in [0.29, 0.717) is 29.8 Å². The number of rotatable bonds is 15. The van der Waals surface area contributed by atoms with Gasteiger partial charge < -0.3 is 18.8 Å². The Kier molecular flexibility index (Phi) is 10.4. The summed E-state index contributed by atoms with van der Waals surface area (Å²) in [6, 6.07) is 17.6. The summed E-state index contributed by atoms with van der Waals surface area (Å²) in [4.78, 5) is 40.3. The van der Waals surface area contributed by atoms with Gasteiger partial charge in [-0.15, -0.1) is 0 Å². The summed E-state index contributed by atoms with van der Waals surface area (Å²) in [5, 5.41) is 9.90. The van der Waals surface area contributed by atoms with Crippen LogP contribution in [0, 0.1) is 5.41 Å². The van der Waals surface area contributed by atoms with Crippen molar-refractivity contribution in [2.75, 3.05) is 53.9 Å². The van der Waals surface area contributed by atoms with Crippen LogP contribution in [0.1, 0.15) is 97.4 Å². The maximum atomic E-state index is 13.0. The van der Waals surface area contributed by atoms with Gasteiger partial charge in [-0.1, -0.05) is 56.3 Å². The van der Waals surface area contributed by atoms with Gasteiger partial charge >= 0.3 is 5.97 Å². The molecule has 0 aromatic heterocycles. The number of hydrogen-bond donors (Lipinski definition) is 1. The smallest absolute Gasteiger partial charge is 0.316 e. The Bertz CT molecular complexity index is 1340. The number of benzene rings is 2. The summed E-state index contributed by atoms with van der Waals surface area (Å²) in [6.45, 7) is 7.63. The number of nitrogens with zero attached hydrogens (tertiary/aromatic N) is 3. The highest BCUT2D eigenvalue weighted by Crippen LogP contribution is 2.43. The molecule has 3 aliphatic rings. The normalized spacial score (nSPS) is 25.1. The molecule has 3 atom stereocenters. The van der Waals surface area contributed by atoms with Gasteiger partial charge in [-0.3, -0.25) is 19.3 Å². The molecule has 3 aliphatic heterocycles. The van der Waals surface area contributed by atoms with E-state index in [2.05, 4.69) is 35.0 Å². The molecule has 2 fully saturated rings. The number of piperidine rings is 1. The Morgan fingerprint density at radius 3 is 2.09 bits per heavy atom. The summed E-state index contributed by atoms with van der Waals surface area (Å²) in [5.41, 5.74) is 1.64. The Morgan fingerprint density at radius 1 is 0.935 bits per heavy atom. The first-order chi connectivity index (χ1) is 21.8. The lowest BCUT2D eigenvalue weighted by Gasteiger charge is -2.47. The molecule has 1 N–H and O–H groups in total. The van der Waals surface area contributed by atoms with Crippen molar-refractivity contribution in [3.05, 3.63) is 71.3 Å². The second kappa shape index (κ2) is 14.0. The highest BCUT2D eigenvalue weighted by Gasteiger charge is 2.52. The Hall–Kier alpha value is -3.07. The van der Waals surface area contributed by atoms with Crippen LogP contribution in [0.2, 0.25) is 0 Å². The van der Waals surface area contributed by atoms with E-state index in [4.69, 9.17) is 4.74 Å². The topological polar surface area (TPSA) is 83.9 Å². The quantitative estimate of drug-likeness (QED) is 0.123. The first-order valence-electron chi connectivity index (χ1n) is 17.3. The zero-order valence-electron chi connectivity index (χ0n) is 28.6. The summed E-state index contributed by atoms with van der Waals surface area (Å²) < 4.78 is 7.97. The highest BCUT2D eigenvalue weighted by atomic mass is 16.5. The van der Waals surface area contributed by atoms with Gasteiger partial charge in [-0.25, -0.2) is 0 Å². The number of aliphatic hydroxyl groups is 1. The summed E-state index contributed by atoms with van der Waals surface area (Å²) in [5.74, 6) is -1.27. The monoisotopic (exact) mass is 633 g/mol. The minimum Gasteiger partial charge on any atom is -0.461 e. The largest absolute Gasteiger partial charge is 0.461 e. The fraction of sp³-hybridized carbons (Fsp3) is 0.605. The van der Waals surface area contributed by atoms with E-state index in [1.807, 2.05) is 42.5 Å². The molecular formula is C38H55N3O5+2. The molecule has 0 radical (unpaired) electrons. The van der Waals surface area contributed by atoms with Crippen LogP contribution in [0.4, 0.5) is 0 Å². The van der Waals surface area contributed by atoms with Crippen LogP contribution < -0.4 is 0 Å². The van der Waals surface area contributed by atoms with Crippen LogP contribution in [0.5, 0.6) is 0 Å². The molecule has 2 amide bonds. The van der Waals surface area contributed by atoms with Gasteiger partial charge in [0.25, 0.3) is 11.8 Å². The second-order valence-electron chi connectivity index (χ2n) is 15.8. The maximum absolute atomic E-state index is 13.0. The van der Waals surface area contributed by atoms with E-state index in [9.17, 15) is 19.5 Å². The lowest BCUT2D eigenvalue weighted by atomic mass is 9.91. The predicted octanol–water partition coefficient (Wildman–Crippen LogP) is 5.40. The number of ether oxygens (including phenoxy) is 1. The van der Waals surface area contributed by atoms with E-state index in [1.54, 1.807) is 12.1 Å². The molecule has 5 rings (SSSR count). The van der Waals surface area contributed by atoms with Crippen LogP contribution in [0.15, 0.2) is 54.6 Å². The van der Waals surface area contributed by atoms with E-state index < -0.39 is 5.92 Å². The van der Waals surface area contributed by atoms with Gasteiger partial charge in [-0.2, -0.15) is 0 Å². The van der Waals surface area contributed by atoms with E-state index in [1.165, 1.54) is 43.5 Å². The zero-order valence-corrected chi connectivity index (χ0v) is 28.6. The molecule has 3 heterocycles. The van der Waals surface area contributed by atoms with Crippen LogP contribution in [-0.2, 0) is 9.53 Å². The average Bonchev–Trinajstić information content (AvgIpc) is 3.30. The van der Waals surface area contributed by atoms with Crippen molar-refractivity contribution in [3.63, 3.8) is 0 Å². The molecule has 8 nitrogen and oxygen atoms in total. The molecule has 2 aromatic carbocycles. The van der Waals surface area contributed by atoms with Crippen molar-refractivity contribution in [1.82, 2.24) is 4.90 Å². The van der Waals surface area contributed by atoms with Crippen molar-refractivity contribution >= 4 is 17.8 Å². The molecule has 0 saturated carbocycles. The number of esters is 1. The Balaban J connectivity index is 1.02. The van der Waals surface area contributed by atoms with Gasteiger partial charge in [0.1, 0.15) is 12.0 Å². The van der Waals surface area contributed by atoms with E-state index in [-0.39, 0.29) is 35.9 Å². The first kappa shape index (κ1) is 34.3. The third kappa shape index (κ3) is 7.56. The molecular weight excluding hydrogens is 578 g/mol. The second-order valence-corrected chi connectivity index (χ2v) is 15.8. The van der Waals surface area contributed by atoms with Crippen LogP contribution >= 0.6 is 0 Å². The lowest BCUT2D eigenvalue weighted by molar-refractivity contribution is -0.949. The molecule has 8 heteroatoms. The van der Waals surface area contributed by atoms with Crippen LogP contribution in [-0.4, -0.2) is 109 Å². The van der Waals surface area contributed by atoms with Gasteiger partial charge in [0.15, 0.2) is 0 Å². The highest BCUT2D eigenvalue weighted by molar-refractivity contribution is 6.21. The number of aliphatic hydroxyl groups excluding tert-OH is 1. The van der Waals surface area contributed by atoms with Crippen molar-refractivity contribution in [1.29, 1.82) is 0 Å². The van der Waals surface area contributed by atoms with Crippen molar-refractivity contribution in [2.24, 2.45) is 5.41 Å². The minimum absolute atomic E-state index is 0.0600. The predicted molar refractivity (Wildman–Crippen MR) is 179 cm³/mol. The number of carbonyl (C=O) groups excluding carboxylic acids is 3. The Morgan fingerprint density at radius 2 is 1.50 bits per heavy atom. The van der Waals surface area contributed by atoms with Crippen LogP contribution in [0.3, 0.4) is 0 Å². The lowest BCUT2D eigenvalue weighted by Crippen LogP contribution is -2.59. The number of fused-ring (bicyclic) bond motifs is 3. The molecule has 2 bridgehead atoms. The van der Waals surface area contributed by atoms with Gasteiger partial charge in [0, 0.05) is 37.6 Å². The molecule has 2 aromatic rings. The molecule has 250 valence electrons. The van der Waals surface area contributed by atoms with Crippen molar-refractivity contribution in [3.8, 4) is 0 Å². The summed E-state index contributed by atoms with van der Waals surface area (Å²) >= 11 is 0. The van der Waals surface area contributed by atoms with Crippen molar-refractivity contribution < 1.29 is 33.2 Å². The summed E-state index contributed by atoms with van der Waals surface area (Å²) in [6.07, 6.45) is 8.90. The average molecular weight is 634 g/mol. The summed E-state index contributed by atoms with van der Waals surface area (Å²) in [7, 11) is 6.93. The molecule has 46 heavy (non-hydrogen) atoms. The minimum atomic E-state index is -0.618. The van der Waals surface area contributed by atoms with Gasteiger partial charge in [0.2, 0.25) is 0 Å². The molecule has 0 spiro atoms. The standard InChI is InChI=1S/C38H55N3O5/c1-38(2,26-39-35(43)32-17-11-12-18-33(32)36(39)44)27-40(3,4)21-13-6-7-14-22-41(5)29-19-20-30(41)24-31(23-29)46-37(45)34(25-42)28-15-9-8-10-16-28/h8-12,15-18,29-31,34,42H,6-7,13-14,19-27H2,1-5H3/q+2/t29-,30-,31?,34?,41?/m1/s1. The zero-order chi connectivity index (χ0) is 33.1. The maximum Gasteiger partial charge on any atom is 0.316 e. The van der Waals surface area contributed by atoms with E-state index in [0.717, 1.165) is 46.9 Å². The SMILES string of the molecule is CC(C)(CN1C(=O)c2ccccc2C1=O)C[N+](C)(C)CCCCCC[N+]1(C)[C@@H]2CC[C@@H]1CC(OC(=O)C(CO)c1ccccc1)C2. The molecule has 0 aliphatic carbocycles. The number of carbonyl (C=O) groups is 3. The molecule has 2 saturated heterocycles. The first-order valence-corrected chi connectivity index (χ1v) is 17.3. The number of unbranched alkanes of at least 4 members (excludes halogenated alkanes) is 3. The number of quaternary nitrogens is 2. The number of hydrogen-bond acceptors (Lipinski definition) is 5. The van der Waals surface area contributed by atoms with E-state index >= 15 is 0 Å². The van der Waals surface area contributed by atoms with Crippen molar-refractivity contribution in [2.45, 2.75) is 89.3 Å². The third-order valence-corrected chi connectivity index (χ3v) is 11.0. The van der Waals surface area contributed by atoms with Gasteiger partial charge in [0.05, 0.1) is 70.6 Å². The Labute approximate surface area is 275 Å². The number of amides is 2. The fourth-order valence-electron chi connectivity index (χ4n) is 8.85. The van der Waals surface area contributed by atoms with Crippen LogP contribution in [0.25, 0.3) is 0 Å². The number of imide groups is 1. The molecule has 1 unspecified atom stereocenters. The fourth-order valence-corrected chi connectivity index (χ4v) is 8.85. The van der Waals surface area contributed by atoms with Gasteiger partial charge in [-0.05, 0) is 43.4 Å². The third-order valence-electron chi connectivity index (χ3n) is 11.0.